The molecule has 1 aliphatic rings. The number of thiazole rings is 1. The van der Waals surface area contributed by atoms with Gasteiger partial charge in [0.1, 0.15) is 5.69 Å². The van der Waals surface area contributed by atoms with Crippen LogP contribution in [-0.2, 0) is 22.4 Å². The third-order valence-electron chi connectivity index (χ3n) is 4.07. The number of aliphatic carboxylic acids is 1. The van der Waals surface area contributed by atoms with Crippen molar-refractivity contribution >= 4 is 23.2 Å². The number of hydrogen-bond donors (Lipinski definition) is 1. The van der Waals surface area contributed by atoms with Gasteiger partial charge in [0, 0.05) is 24.9 Å². The van der Waals surface area contributed by atoms with Gasteiger partial charge >= 0.3 is 5.97 Å². The quantitative estimate of drug-likeness (QED) is 0.855. The molecule has 132 valence electrons. The summed E-state index contributed by atoms with van der Waals surface area (Å²) >= 11 is 1.49. The van der Waals surface area contributed by atoms with Crippen molar-refractivity contribution in [1.29, 1.82) is 0 Å². The van der Waals surface area contributed by atoms with Crippen LogP contribution >= 0.6 is 11.3 Å². The minimum atomic E-state index is -0.920. The third-order valence-corrected chi connectivity index (χ3v) is 4.98. The summed E-state index contributed by atoms with van der Waals surface area (Å²) in [4.78, 5) is 29.5. The summed E-state index contributed by atoms with van der Waals surface area (Å²) in [5, 5.41) is 11.6. The lowest BCUT2D eigenvalue weighted by Gasteiger charge is -2.31. The molecule has 1 fully saturated rings. The fraction of sp³-hybridized carbons (Fsp3) is 0.389. The standard InChI is InChI=1S/C18H20N2O4S/c21-17(22)10-14-11-20(8-9-24-14)18(23)15-12-25-16(19-15)7-6-13-4-2-1-3-5-13/h1-5,12,14H,6-11H2,(H,21,22). The Morgan fingerprint density at radius 1 is 1.28 bits per heavy atom. The first kappa shape index (κ1) is 17.6. The third kappa shape index (κ3) is 4.87. The van der Waals surface area contributed by atoms with Gasteiger partial charge in [0.15, 0.2) is 0 Å². The summed E-state index contributed by atoms with van der Waals surface area (Å²) < 4.78 is 5.41. The molecule has 6 nitrogen and oxygen atoms in total. The van der Waals surface area contributed by atoms with Crippen molar-refractivity contribution < 1.29 is 19.4 Å². The zero-order valence-corrected chi connectivity index (χ0v) is 14.6. The normalized spacial score (nSPS) is 17.4. The highest BCUT2D eigenvalue weighted by molar-refractivity contribution is 7.09. The van der Waals surface area contributed by atoms with Gasteiger partial charge in [-0.2, -0.15) is 0 Å². The van der Waals surface area contributed by atoms with Crippen LogP contribution in [0.5, 0.6) is 0 Å². The maximum Gasteiger partial charge on any atom is 0.306 e. The molecule has 1 atom stereocenters. The lowest BCUT2D eigenvalue weighted by Crippen LogP contribution is -2.46. The number of benzene rings is 1. The summed E-state index contributed by atoms with van der Waals surface area (Å²) in [6, 6.07) is 10.2. The highest BCUT2D eigenvalue weighted by atomic mass is 32.1. The molecule has 1 amide bonds. The van der Waals surface area contributed by atoms with E-state index in [0.717, 1.165) is 17.8 Å². The average Bonchev–Trinajstić information content (AvgIpc) is 3.09. The Bertz CT molecular complexity index is 732. The SMILES string of the molecule is O=C(O)CC1CN(C(=O)c2csc(CCc3ccccc3)n2)CCO1. The second-order valence-electron chi connectivity index (χ2n) is 5.95. The van der Waals surface area contributed by atoms with Crippen LogP contribution in [0.2, 0.25) is 0 Å². The van der Waals surface area contributed by atoms with Crippen molar-refractivity contribution in [3.05, 3.63) is 52.0 Å². The van der Waals surface area contributed by atoms with Gasteiger partial charge in [-0.15, -0.1) is 11.3 Å². The van der Waals surface area contributed by atoms with Gasteiger partial charge in [-0.3, -0.25) is 9.59 Å². The van der Waals surface area contributed by atoms with E-state index < -0.39 is 12.1 Å². The van der Waals surface area contributed by atoms with Crippen molar-refractivity contribution in [3.8, 4) is 0 Å². The molecule has 7 heteroatoms. The molecule has 1 aliphatic heterocycles. The molecule has 2 heterocycles. The zero-order valence-electron chi connectivity index (χ0n) is 13.8. The molecular weight excluding hydrogens is 340 g/mol. The van der Waals surface area contributed by atoms with Gasteiger partial charge in [0.2, 0.25) is 0 Å². The molecule has 1 saturated heterocycles. The Hall–Kier alpha value is -2.25. The average molecular weight is 360 g/mol. The van der Waals surface area contributed by atoms with Crippen LogP contribution < -0.4 is 0 Å². The Kier molecular flexibility index (Phi) is 5.78. The van der Waals surface area contributed by atoms with Gasteiger partial charge < -0.3 is 14.7 Å². The number of carboxylic acids is 1. The second kappa shape index (κ2) is 8.22. The number of hydrogen-bond acceptors (Lipinski definition) is 5. The van der Waals surface area contributed by atoms with Crippen molar-refractivity contribution in [1.82, 2.24) is 9.88 Å². The van der Waals surface area contributed by atoms with Gasteiger partial charge in [-0.25, -0.2) is 4.98 Å². The van der Waals surface area contributed by atoms with Gasteiger partial charge in [-0.05, 0) is 12.0 Å². The summed E-state index contributed by atoms with van der Waals surface area (Å²) in [6.07, 6.45) is 1.14. The van der Waals surface area contributed by atoms with E-state index in [1.807, 2.05) is 18.2 Å². The van der Waals surface area contributed by atoms with Gasteiger partial charge in [0.05, 0.1) is 24.1 Å². The number of carbonyl (C=O) groups is 2. The minimum Gasteiger partial charge on any atom is -0.481 e. The van der Waals surface area contributed by atoms with Crippen LogP contribution in [0.1, 0.15) is 27.5 Å². The predicted octanol–water partition coefficient (Wildman–Crippen LogP) is 2.24. The number of morpholine rings is 1. The van der Waals surface area contributed by atoms with E-state index in [-0.39, 0.29) is 12.3 Å². The number of carboxylic acid groups (broad SMARTS) is 1. The fourth-order valence-corrected chi connectivity index (χ4v) is 3.58. The molecule has 0 spiro atoms. The number of nitrogens with zero attached hydrogens (tertiary/aromatic N) is 2. The smallest absolute Gasteiger partial charge is 0.306 e. The van der Waals surface area contributed by atoms with Crippen LogP contribution in [0.15, 0.2) is 35.7 Å². The van der Waals surface area contributed by atoms with E-state index in [1.165, 1.54) is 16.9 Å². The summed E-state index contributed by atoms with van der Waals surface area (Å²) in [5.74, 6) is -1.07. The Morgan fingerprint density at radius 3 is 2.84 bits per heavy atom. The topological polar surface area (TPSA) is 79.7 Å². The van der Waals surface area contributed by atoms with Crippen LogP contribution in [0.3, 0.4) is 0 Å². The second-order valence-corrected chi connectivity index (χ2v) is 6.90. The number of ether oxygens (including phenoxy) is 1. The molecular formula is C18H20N2O4S. The number of carbonyl (C=O) groups excluding carboxylic acids is 1. The molecule has 1 N–H and O–H groups in total. The van der Waals surface area contributed by atoms with Gasteiger partial charge in [-0.1, -0.05) is 30.3 Å². The van der Waals surface area contributed by atoms with E-state index in [2.05, 4.69) is 17.1 Å². The number of aromatic nitrogens is 1. The highest BCUT2D eigenvalue weighted by Gasteiger charge is 2.27. The van der Waals surface area contributed by atoms with Crippen molar-refractivity contribution in [3.63, 3.8) is 0 Å². The van der Waals surface area contributed by atoms with Crippen LogP contribution in [-0.4, -0.2) is 52.7 Å². The molecule has 3 rings (SSSR count). The fourth-order valence-electron chi connectivity index (χ4n) is 2.80. The molecule has 0 bridgehead atoms. The lowest BCUT2D eigenvalue weighted by atomic mass is 10.1. The predicted molar refractivity (Wildman–Crippen MR) is 93.9 cm³/mol. The molecule has 2 aromatic rings. The highest BCUT2D eigenvalue weighted by Crippen LogP contribution is 2.17. The maximum absolute atomic E-state index is 12.6. The van der Waals surface area contributed by atoms with Crippen LogP contribution in [0.25, 0.3) is 0 Å². The van der Waals surface area contributed by atoms with E-state index in [0.29, 0.717) is 25.4 Å². The Balaban J connectivity index is 1.57. The molecule has 0 saturated carbocycles. The molecule has 0 radical (unpaired) electrons. The summed E-state index contributed by atoms with van der Waals surface area (Å²) in [7, 11) is 0. The van der Waals surface area contributed by atoms with Crippen molar-refractivity contribution in [2.75, 3.05) is 19.7 Å². The molecule has 1 aromatic heterocycles. The molecule has 1 unspecified atom stereocenters. The number of amides is 1. The first-order valence-electron chi connectivity index (χ1n) is 8.23. The molecule has 1 aromatic carbocycles. The monoisotopic (exact) mass is 360 g/mol. The van der Waals surface area contributed by atoms with E-state index in [9.17, 15) is 9.59 Å². The van der Waals surface area contributed by atoms with Crippen LogP contribution in [0, 0.1) is 0 Å². The van der Waals surface area contributed by atoms with Crippen molar-refractivity contribution in [2.45, 2.75) is 25.4 Å². The van der Waals surface area contributed by atoms with E-state index in [4.69, 9.17) is 9.84 Å². The zero-order chi connectivity index (χ0) is 17.6. The molecule has 25 heavy (non-hydrogen) atoms. The number of rotatable bonds is 6. The minimum absolute atomic E-state index is 0.0941. The Morgan fingerprint density at radius 2 is 2.08 bits per heavy atom. The largest absolute Gasteiger partial charge is 0.481 e. The maximum atomic E-state index is 12.6. The molecule has 0 aliphatic carbocycles. The van der Waals surface area contributed by atoms with Crippen molar-refractivity contribution in [2.24, 2.45) is 0 Å². The van der Waals surface area contributed by atoms with E-state index >= 15 is 0 Å². The summed E-state index contributed by atoms with van der Waals surface area (Å²) in [6.45, 7) is 1.11. The number of aryl methyl sites for hydroxylation is 2. The first-order chi connectivity index (χ1) is 12.1. The van der Waals surface area contributed by atoms with Crippen LogP contribution in [0.4, 0.5) is 0 Å². The Labute approximate surface area is 150 Å². The van der Waals surface area contributed by atoms with Gasteiger partial charge in [0.25, 0.3) is 5.91 Å². The lowest BCUT2D eigenvalue weighted by molar-refractivity contribution is -0.141. The van der Waals surface area contributed by atoms with E-state index in [1.54, 1.807) is 10.3 Å². The first-order valence-corrected chi connectivity index (χ1v) is 9.11. The summed E-state index contributed by atoms with van der Waals surface area (Å²) in [5.41, 5.74) is 1.68.